The number of benzene rings is 9. The van der Waals surface area contributed by atoms with E-state index in [0.29, 0.717) is 0 Å². The topological polar surface area (TPSA) is 19.4 Å². The van der Waals surface area contributed by atoms with Crippen molar-refractivity contribution >= 4 is 77.3 Å². The molecule has 1 aliphatic rings. The van der Waals surface area contributed by atoms with Gasteiger partial charge in [0.2, 0.25) is 0 Å². The minimum absolute atomic E-state index is 0.103. The van der Waals surface area contributed by atoms with Gasteiger partial charge >= 0.3 is 0 Å². The molecule has 0 unspecified atom stereocenters. The van der Waals surface area contributed by atoms with Crippen molar-refractivity contribution in [1.82, 2.24) is 4.98 Å². The highest BCUT2D eigenvalue weighted by Crippen LogP contribution is 2.55. The van der Waals surface area contributed by atoms with Gasteiger partial charge in [0.1, 0.15) is 5.82 Å². The fraction of sp³-hybridized carbons (Fsp3) is 0.0577. The molecular weight excluding hydrogens is 667 g/mol. The van der Waals surface area contributed by atoms with Crippen LogP contribution in [0.4, 0.5) is 34.3 Å². The molecule has 3 nitrogen and oxygen atoms in total. The number of nitrogens with zero attached hydrogens (tertiary/aromatic N) is 3. The molecule has 0 radical (unpaired) electrons. The van der Waals surface area contributed by atoms with Gasteiger partial charge in [-0.3, -0.25) is 4.90 Å². The van der Waals surface area contributed by atoms with Gasteiger partial charge in [0.15, 0.2) is 0 Å². The van der Waals surface area contributed by atoms with Gasteiger partial charge in [-0.25, -0.2) is 4.98 Å². The number of hydrogen-bond donors (Lipinski definition) is 0. The molecule has 1 aromatic heterocycles. The van der Waals surface area contributed by atoms with Crippen molar-refractivity contribution in [2.24, 2.45) is 0 Å². The summed E-state index contributed by atoms with van der Waals surface area (Å²) in [6.45, 7) is 4.71. The van der Waals surface area contributed by atoms with Gasteiger partial charge in [-0.2, -0.15) is 0 Å². The normalized spacial score (nSPS) is 13.1. The quantitative estimate of drug-likeness (QED) is 0.161. The van der Waals surface area contributed by atoms with E-state index in [1.54, 1.807) is 0 Å². The van der Waals surface area contributed by atoms with E-state index in [4.69, 9.17) is 4.98 Å². The molecule has 10 aromatic rings. The second-order valence-electron chi connectivity index (χ2n) is 15.2. The zero-order valence-electron chi connectivity index (χ0n) is 30.7. The van der Waals surface area contributed by atoms with E-state index in [9.17, 15) is 0 Å². The first-order chi connectivity index (χ1) is 27.1. The van der Waals surface area contributed by atoms with Crippen LogP contribution in [0.15, 0.2) is 188 Å². The third kappa shape index (κ3) is 4.73. The monoisotopic (exact) mass is 703 g/mol. The van der Waals surface area contributed by atoms with Crippen molar-refractivity contribution in [2.75, 3.05) is 9.80 Å². The molecule has 1 aliphatic carbocycles. The Kier molecular flexibility index (Phi) is 6.90. The van der Waals surface area contributed by atoms with E-state index in [0.717, 1.165) is 39.3 Å². The summed E-state index contributed by atoms with van der Waals surface area (Å²) in [5.74, 6) is 0.886. The number of anilines is 6. The standard InChI is InChI=1S/C52H37N3/c1-52(2)43-21-12-11-20-40(43)51-44(52)22-13-23-47(51)54(38-16-5-3-6-17-38)45-30-26-34-25-29-42-46(31-27-35-24-28-41(45)49(34)50(35)42)55(39-18-7-4-8-19-39)48-32-36-14-9-10-15-37(36)33-53-48/h3-33H,1-2H3. The van der Waals surface area contributed by atoms with Crippen LogP contribution in [0.3, 0.4) is 0 Å². The van der Waals surface area contributed by atoms with Gasteiger partial charge in [0, 0.05) is 44.7 Å². The van der Waals surface area contributed by atoms with Crippen molar-refractivity contribution in [3.63, 3.8) is 0 Å². The van der Waals surface area contributed by atoms with Crippen LogP contribution in [0.1, 0.15) is 25.0 Å². The molecule has 0 N–H and O–H groups in total. The minimum atomic E-state index is -0.103. The molecule has 9 aromatic carbocycles. The maximum Gasteiger partial charge on any atom is 0.138 e. The lowest BCUT2D eigenvalue weighted by atomic mass is 9.82. The number of aromatic nitrogens is 1. The molecule has 3 heteroatoms. The number of rotatable bonds is 6. The average molecular weight is 704 g/mol. The fourth-order valence-electron chi connectivity index (χ4n) is 9.23. The van der Waals surface area contributed by atoms with E-state index in [1.807, 2.05) is 6.20 Å². The molecule has 0 spiro atoms. The van der Waals surface area contributed by atoms with Crippen molar-refractivity contribution in [1.29, 1.82) is 0 Å². The summed E-state index contributed by atoms with van der Waals surface area (Å²) in [6.07, 6.45) is 1.99. The Balaban J connectivity index is 1.18. The lowest BCUT2D eigenvalue weighted by Crippen LogP contribution is -2.16. The zero-order valence-corrected chi connectivity index (χ0v) is 30.7. The smallest absolute Gasteiger partial charge is 0.138 e. The summed E-state index contributed by atoms with van der Waals surface area (Å²) in [4.78, 5) is 9.84. The predicted octanol–water partition coefficient (Wildman–Crippen LogP) is 14.4. The molecule has 1 heterocycles. The van der Waals surface area contributed by atoms with Crippen molar-refractivity contribution in [2.45, 2.75) is 19.3 Å². The van der Waals surface area contributed by atoms with Crippen LogP contribution < -0.4 is 9.80 Å². The summed E-state index contributed by atoms with van der Waals surface area (Å²) in [5, 5.41) is 9.66. The first-order valence-electron chi connectivity index (χ1n) is 19.1. The molecule has 55 heavy (non-hydrogen) atoms. The Labute approximate surface area is 320 Å². The first kappa shape index (κ1) is 31.5. The van der Waals surface area contributed by atoms with Crippen LogP contribution in [0, 0.1) is 0 Å². The predicted molar refractivity (Wildman–Crippen MR) is 232 cm³/mol. The van der Waals surface area contributed by atoms with E-state index in [1.165, 1.54) is 60.3 Å². The Hall–Kier alpha value is -6.97. The second kappa shape index (κ2) is 12.0. The molecule has 0 saturated carbocycles. The maximum absolute atomic E-state index is 5.05. The number of para-hydroxylation sites is 2. The third-order valence-corrected chi connectivity index (χ3v) is 11.8. The summed E-state index contributed by atoms with van der Waals surface area (Å²) in [5.41, 5.74) is 10.9. The summed E-state index contributed by atoms with van der Waals surface area (Å²) in [6, 6.07) is 66.3. The number of pyridine rings is 1. The van der Waals surface area contributed by atoms with E-state index < -0.39 is 0 Å². The Morgan fingerprint density at radius 3 is 1.65 bits per heavy atom. The molecule has 0 atom stereocenters. The van der Waals surface area contributed by atoms with E-state index in [-0.39, 0.29) is 5.41 Å². The second-order valence-corrected chi connectivity index (χ2v) is 15.2. The lowest BCUT2D eigenvalue weighted by molar-refractivity contribution is 0.660. The fourth-order valence-corrected chi connectivity index (χ4v) is 9.23. The molecule has 0 aliphatic heterocycles. The minimum Gasteiger partial charge on any atom is -0.309 e. The van der Waals surface area contributed by atoms with Crippen molar-refractivity contribution < 1.29 is 0 Å². The molecule has 11 rings (SSSR count). The molecule has 260 valence electrons. The summed E-state index contributed by atoms with van der Waals surface area (Å²) in [7, 11) is 0. The summed E-state index contributed by atoms with van der Waals surface area (Å²) < 4.78 is 0. The average Bonchev–Trinajstić information content (AvgIpc) is 3.48. The van der Waals surface area contributed by atoms with Gasteiger partial charge in [0.05, 0.1) is 17.1 Å². The van der Waals surface area contributed by atoms with Crippen molar-refractivity contribution in [3.8, 4) is 11.1 Å². The van der Waals surface area contributed by atoms with Crippen LogP contribution in [0.2, 0.25) is 0 Å². The molecular formula is C52H37N3. The first-order valence-corrected chi connectivity index (χ1v) is 19.1. The molecule has 0 bridgehead atoms. The van der Waals surface area contributed by atoms with Crippen LogP contribution in [-0.2, 0) is 5.41 Å². The number of fused-ring (bicyclic) bond motifs is 4. The largest absolute Gasteiger partial charge is 0.309 e. The maximum atomic E-state index is 5.05. The van der Waals surface area contributed by atoms with Crippen LogP contribution in [0.5, 0.6) is 0 Å². The molecule has 0 saturated heterocycles. The van der Waals surface area contributed by atoms with Gasteiger partial charge in [0.25, 0.3) is 0 Å². The van der Waals surface area contributed by atoms with E-state index >= 15 is 0 Å². The molecule has 0 amide bonds. The SMILES string of the molecule is CC1(C)c2ccccc2-c2c(N(c3ccccc3)c3ccc4ccc5c(N(c6ccccc6)c6cc7ccccc7cn6)ccc6ccc3c4c65)cccc21. The molecule has 0 fully saturated rings. The highest BCUT2D eigenvalue weighted by molar-refractivity contribution is 6.28. The Morgan fingerprint density at radius 2 is 0.964 bits per heavy atom. The lowest BCUT2D eigenvalue weighted by Gasteiger charge is -2.30. The Bertz CT molecular complexity index is 3080. The van der Waals surface area contributed by atoms with Crippen LogP contribution in [0.25, 0.3) is 54.2 Å². The van der Waals surface area contributed by atoms with Crippen molar-refractivity contribution in [3.05, 3.63) is 199 Å². The highest BCUT2D eigenvalue weighted by atomic mass is 15.2. The van der Waals surface area contributed by atoms with Gasteiger partial charge < -0.3 is 4.90 Å². The van der Waals surface area contributed by atoms with Gasteiger partial charge in [-0.05, 0) is 92.2 Å². The third-order valence-electron chi connectivity index (χ3n) is 11.8. The van der Waals surface area contributed by atoms with Gasteiger partial charge in [-0.1, -0.05) is 147 Å². The summed E-state index contributed by atoms with van der Waals surface area (Å²) >= 11 is 0. The van der Waals surface area contributed by atoms with Crippen LogP contribution >= 0.6 is 0 Å². The Morgan fingerprint density at radius 1 is 0.418 bits per heavy atom. The highest BCUT2D eigenvalue weighted by Gasteiger charge is 2.38. The zero-order chi connectivity index (χ0) is 36.7. The van der Waals surface area contributed by atoms with Crippen LogP contribution in [-0.4, -0.2) is 4.98 Å². The van der Waals surface area contributed by atoms with Gasteiger partial charge in [-0.15, -0.1) is 0 Å². The van der Waals surface area contributed by atoms with E-state index in [2.05, 4.69) is 206 Å². The number of hydrogen-bond acceptors (Lipinski definition) is 3.